The molecule has 0 unspecified atom stereocenters. The van der Waals surface area contributed by atoms with Crippen LogP contribution in [0.2, 0.25) is 0 Å². The summed E-state index contributed by atoms with van der Waals surface area (Å²) in [6.45, 7) is 5.68. The average Bonchev–Trinajstić information content (AvgIpc) is 3.21. The zero-order valence-corrected chi connectivity index (χ0v) is 12.3. The average molecular weight is 271 g/mol. The van der Waals surface area contributed by atoms with Crippen LogP contribution in [-0.4, -0.2) is 49.3 Å². The van der Waals surface area contributed by atoms with Crippen LogP contribution in [0.4, 0.5) is 0 Å². The van der Waals surface area contributed by atoms with E-state index < -0.39 is 0 Å². The summed E-state index contributed by atoms with van der Waals surface area (Å²) in [4.78, 5) is 4.78. The van der Waals surface area contributed by atoms with Crippen molar-refractivity contribution in [2.24, 2.45) is 4.99 Å². The van der Waals surface area contributed by atoms with Gasteiger partial charge in [-0.15, -0.1) is 0 Å². The molecule has 2 fully saturated rings. The summed E-state index contributed by atoms with van der Waals surface area (Å²) < 4.78 is 5.74. The maximum absolute atomic E-state index is 5.46. The van der Waals surface area contributed by atoms with E-state index in [4.69, 9.17) is 9.73 Å². The van der Waals surface area contributed by atoms with Crippen molar-refractivity contribution in [3.05, 3.63) is 0 Å². The fraction of sp³-hybridized carbons (Fsp3) is 0.923. The van der Waals surface area contributed by atoms with Crippen LogP contribution >= 0.6 is 11.8 Å². The molecule has 1 aliphatic carbocycles. The molecule has 1 saturated carbocycles. The lowest BCUT2D eigenvalue weighted by molar-refractivity contribution is 0.0794. The molecule has 5 heteroatoms. The van der Waals surface area contributed by atoms with Gasteiger partial charge in [0.05, 0.1) is 6.54 Å². The van der Waals surface area contributed by atoms with Crippen LogP contribution in [0.1, 0.15) is 32.6 Å². The lowest BCUT2D eigenvalue weighted by Crippen LogP contribution is -2.41. The Balaban J connectivity index is 1.90. The standard InChI is InChI=1S/C13H25N3OS/c1-3-14-12(16-11-4-5-11)15-10-13(18-2)6-8-17-9-7-13/h11H,3-10H2,1-2H3,(H2,14,15,16). The summed E-state index contributed by atoms with van der Waals surface area (Å²) >= 11 is 1.95. The highest BCUT2D eigenvalue weighted by atomic mass is 32.2. The molecule has 0 aromatic heterocycles. The molecule has 0 atom stereocenters. The zero-order chi connectivity index (χ0) is 12.8. The van der Waals surface area contributed by atoms with Gasteiger partial charge in [-0.25, -0.2) is 0 Å². The molecule has 0 bridgehead atoms. The molecular weight excluding hydrogens is 246 g/mol. The predicted octanol–water partition coefficient (Wildman–Crippen LogP) is 1.62. The molecule has 0 aromatic rings. The van der Waals surface area contributed by atoms with Gasteiger partial charge in [0.1, 0.15) is 0 Å². The first kappa shape index (κ1) is 14.0. The Morgan fingerprint density at radius 1 is 1.39 bits per heavy atom. The van der Waals surface area contributed by atoms with Crippen LogP contribution in [0.25, 0.3) is 0 Å². The number of rotatable bonds is 5. The number of thioether (sulfide) groups is 1. The van der Waals surface area contributed by atoms with Gasteiger partial charge in [0.2, 0.25) is 0 Å². The SMILES string of the molecule is CCNC(=NCC1(SC)CCOCC1)NC1CC1. The van der Waals surface area contributed by atoms with E-state index in [0.29, 0.717) is 6.04 Å². The molecule has 0 radical (unpaired) electrons. The lowest BCUT2D eigenvalue weighted by Gasteiger charge is -2.34. The first-order valence-electron chi connectivity index (χ1n) is 6.96. The van der Waals surface area contributed by atoms with Crippen molar-refractivity contribution in [1.29, 1.82) is 0 Å². The van der Waals surface area contributed by atoms with Gasteiger partial charge in [-0.2, -0.15) is 11.8 Å². The minimum atomic E-state index is 0.282. The molecule has 2 aliphatic rings. The third-order valence-electron chi connectivity index (χ3n) is 3.62. The summed E-state index contributed by atoms with van der Waals surface area (Å²) in [5.41, 5.74) is 0. The summed E-state index contributed by atoms with van der Waals surface area (Å²) in [5.74, 6) is 0.986. The third-order valence-corrected chi connectivity index (χ3v) is 5.03. The number of nitrogens with zero attached hydrogens (tertiary/aromatic N) is 1. The molecule has 2 rings (SSSR count). The highest BCUT2D eigenvalue weighted by molar-refractivity contribution is 8.00. The van der Waals surface area contributed by atoms with Crippen LogP contribution in [0, 0.1) is 0 Å². The maximum atomic E-state index is 5.46. The molecule has 1 heterocycles. The summed E-state index contributed by atoms with van der Waals surface area (Å²) in [6, 6.07) is 0.655. The van der Waals surface area contributed by atoms with Crippen molar-refractivity contribution in [2.45, 2.75) is 43.4 Å². The minimum Gasteiger partial charge on any atom is -0.381 e. The van der Waals surface area contributed by atoms with Crippen molar-refractivity contribution in [3.63, 3.8) is 0 Å². The summed E-state index contributed by atoms with van der Waals surface area (Å²) in [5, 5.41) is 6.80. The van der Waals surface area contributed by atoms with Gasteiger partial charge in [0.25, 0.3) is 0 Å². The molecule has 18 heavy (non-hydrogen) atoms. The smallest absolute Gasteiger partial charge is 0.191 e. The number of ether oxygens (including phenoxy) is 1. The molecule has 104 valence electrons. The Labute approximate surface area is 114 Å². The van der Waals surface area contributed by atoms with E-state index in [1.165, 1.54) is 12.8 Å². The third kappa shape index (κ3) is 4.05. The molecule has 4 nitrogen and oxygen atoms in total. The second kappa shape index (κ2) is 6.66. The number of hydrogen-bond acceptors (Lipinski definition) is 3. The first-order valence-corrected chi connectivity index (χ1v) is 8.18. The van der Waals surface area contributed by atoms with Gasteiger partial charge in [-0.3, -0.25) is 4.99 Å². The number of nitrogens with one attached hydrogen (secondary N) is 2. The summed E-state index contributed by atoms with van der Waals surface area (Å²) in [7, 11) is 0. The highest BCUT2D eigenvalue weighted by Gasteiger charge is 2.32. The van der Waals surface area contributed by atoms with Crippen molar-refractivity contribution in [2.75, 3.05) is 32.6 Å². The number of guanidine groups is 1. The second-order valence-corrected chi connectivity index (χ2v) is 6.39. The van der Waals surface area contributed by atoms with Crippen molar-refractivity contribution in [3.8, 4) is 0 Å². The Morgan fingerprint density at radius 3 is 2.67 bits per heavy atom. The van der Waals surface area contributed by atoms with Crippen molar-refractivity contribution < 1.29 is 4.74 Å². The lowest BCUT2D eigenvalue weighted by atomic mass is 9.99. The number of hydrogen-bond donors (Lipinski definition) is 2. The largest absolute Gasteiger partial charge is 0.381 e. The molecule has 1 aliphatic heterocycles. The van der Waals surface area contributed by atoms with Gasteiger partial charge in [0.15, 0.2) is 5.96 Å². The molecule has 2 N–H and O–H groups in total. The topological polar surface area (TPSA) is 45.7 Å². The van der Waals surface area contributed by atoms with E-state index in [-0.39, 0.29) is 4.75 Å². The van der Waals surface area contributed by atoms with Crippen LogP contribution in [-0.2, 0) is 4.74 Å². The van der Waals surface area contributed by atoms with E-state index in [1.54, 1.807) is 0 Å². The monoisotopic (exact) mass is 271 g/mol. The van der Waals surface area contributed by atoms with Gasteiger partial charge in [0, 0.05) is 30.5 Å². The molecule has 0 amide bonds. The minimum absolute atomic E-state index is 0.282. The van der Waals surface area contributed by atoms with Gasteiger partial charge in [-0.05, 0) is 38.9 Å². The van der Waals surface area contributed by atoms with E-state index in [2.05, 4.69) is 23.8 Å². The fourth-order valence-electron chi connectivity index (χ4n) is 2.13. The fourth-order valence-corrected chi connectivity index (χ4v) is 2.90. The van der Waals surface area contributed by atoms with Crippen LogP contribution < -0.4 is 10.6 Å². The molecule has 0 aromatic carbocycles. The molecule has 1 saturated heterocycles. The Bertz CT molecular complexity index is 286. The van der Waals surface area contributed by atoms with Crippen molar-refractivity contribution in [1.82, 2.24) is 10.6 Å². The maximum Gasteiger partial charge on any atom is 0.191 e. The van der Waals surface area contributed by atoms with Gasteiger partial charge >= 0.3 is 0 Å². The second-order valence-electron chi connectivity index (χ2n) is 5.11. The van der Waals surface area contributed by atoms with E-state index in [0.717, 1.165) is 45.1 Å². The van der Waals surface area contributed by atoms with Crippen LogP contribution in [0.15, 0.2) is 4.99 Å². The normalized spacial score (nSPS) is 23.8. The highest BCUT2D eigenvalue weighted by Crippen LogP contribution is 2.34. The van der Waals surface area contributed by atoms with Crippen LogP contribution in [0.3, 0.4) is 0 Å². The zero-order valence-electron chi connectivity index (χ0n) is 11.5. The van der Waals surface area contributed by atoms with Crippen LogP contribution in [0.5, 0.6) is 0 Å². The summed E-state index contributed by atoms with van der Waals surface area (Å²) in [6.07, 6.45) is 6.99. The molecular formula is C13H25N3OS. The van der Waals surface area contributed by atoms with E-state index in [9.17, 15) is 0 Å². The Kier molecular flexibility index (Phi) is 5.18. The first-order chi connectivity index (χ1) is 8.78. The Hall–Kier alpha value is -0.420. The van der Waals surface area contributed by atoms with Gasteiger partial charge in [-0.1, -0.05) is 0 Å². The number of aliphatic imine (C=N–C) groups is 1. The molecule has 0 spiro atoms. The quantitative estimate of drug-likeness (QED) is 0.589. The van der Waals surface area contributed by atoms with Gasteiger partial charge < -0.3 is 15.4 Å². The predicted molar refractivity (Wildman–Crippen MR) is 78.4 cm³/mol. The van der Waals surface area contributed by atoms with Crippen molar-refractivity contribution >= 4 is 17.7 Å². The van der Waals surface area contributed by atoms with E-state index >= 15 is 0 Å². The van der Waals surface area contributed by atoms with E-state index in [1.807, 2.05) is 11.8 Å². The Morgan fingerprint density at radius 2 is 2.11 bits per heavy atom.